The van der Waals surface area contributed by atoms with E-state index in [4.69, 9.17) is 11.6 Å². The van der Waals surface area contributed by atoms with E-state index in [0.29, 0.717) is 5.56 Å². The molecule has 0 fully saturated rings. The molecule has 2 N–H and O–H groups in total. The fourth-order valence-electron chi connectivity index (χ4n) is 1.49. The van der Waals surface area contributed by atoms with Gasteiger partial charge in [0, 0.05) is 6.07 Å². The predicted molar refractivity (Wildman–Crippen MR) is 59.5 cm³/mol. The first-order valence-electron chi connectivity index (χ1n) is 4.65. The molecule has 2 atom stereocenters. The van der Waals surface area contributed by atoms with Crippen molar-refractivity contribution in [1.29, 1.82) is 0 Å². The number of aliphatic hydroxyl groups excluding tert-OH is 2. The van der Waals surface area contributed by atoms with E-state index in [1.165, 1.54) is 12.1 Å². The Balaban J connectivity index is 3.24. The van der Waals surface area contributed by atoms with E-state index >= 15 is 0 Å². The van der Waals surface area contributed by atoms with Gasteiger partial charge in [-0.1, -0.05) is 12.1 Å². The summed E-state index contributed by atoms with van der Waals surface area (Å²) >= 11 is 5.40. The summed E-state index contributed by atoms with van der Waals surface area (Å²) in [7, 11) is 0. The topological polar surface area (TPSA) is 83.6 Å². The molecule has 0 aliphatic rings. The fourth-order valence-corrected chi connectivity index (χ4v) is 1.65. The van der Waals surface area contributed by atoms with Gasteiger partial charge in [0.25, 0.3) is 5.69 Å². The number of aliphatic hydroxyl groups is 2. The molecule has 0 saturated carbocycles. The normalized spacial score (nSPS) is 14.5. The summed E-state index contributed by atoms with van der Waals surface area (Å²) in [5.74, 6) is -0.188. The molecule has 0 spiro atoms. The van der Waals surface area contributed by atoms with Crippen LogP contribution in [0, 0.1) is 17.0 Å². The highest BCUT2D eigenvalue weighted by Crippen LogP contribution is 2.30. The van der Waals surface area contributed by atoms with Gasteiger partial charge in [0.15, 0.2) is 0 Å². The SMILES string of the molecule is Cc1cccc([N+](=O)[O-])c1C(O)C(O)CCl. The number of aryl methyl sites for hydroxylation is 1. The van der Waals surface area contributed by atoms with Crippen LogP contribution >= 0.6 is 11.6 Å². The number of hydrogen-bond donors (Lipinski definition) is 2. The van der Waals surface area contributed by atoms with Gasteiger partial charge in [-0.15, -0.1) is 11.6 Å². The largest absolute Gasteiger partial charge is 0.389 e. The molecule has 1 aromatic rings. The van der Waals surface area contributed by atoms with Gasteiger partial charge in [-0.3, -0.25) is 10.1 Å². The molecule has 5 nitrogen and oxygen atoms in total. The highest BCUT2D eigenvalue weighted by atomic mass is 35.5. The number of hydrogen-bond acceptors (Lipinski definition) is 4. The Morgan fingerprint density at radius 3 is 2.62 bits per heavy atom. The standard InChI is InChI=1S/C10H12ClNO4/c1-6-3-2-4-7(12(15)16)9(6)10(14)8(13)5-11/h2-4,8,10,13-14H,5H2,1H3. The second kappa shape index (κ2) is 5.25. The average molecular weight is 246 g/mol. The lowest BCUT2D eigenvalue weighted by molar-refractivity contribution is -0.386. The first-order chi connectivity index (χ1) is 7.49. The van der Waals surface area contributed by atoms with Crippen molar-refractivity contribution in [3.8, 4) is 0 Å². The van der Waals surface area contributed by atoms with Crippen LogP contribution in [-0.4, -0.2) is 27.1 Å². The van der Waals surface area contributed by atoms with Gasteiger partial charge in [0.05, 0.1) is 22.5 Å². The average Bonchev–Trinajstić information content (AvgIpc) is 2.26. The van der Waals surface area contributed by atoms with E-state index in [-0.39, 0.29) is 17.1 Å². The van der Waals surface area contributed by atoms with Crippen LogP contribution in [0.5, 0.6) is 0 Å². The molecule has 0 aliphatic carbocycles. The zero-order valence-electron chi connectivity index (χ0n) is 8.63. The van der Waals surface area contributed by atoms with Crippen molar-refractivity contribution in [2.75, 3.05) is 5.88 Å². The maximum absolute atomic E-state index is 10.8. The maximum Gasteiger partial charge on any atom is 0.275 e. The van der Waals surface area contributed by atoms with Crippen molar-refractivity contribution in [1.82, 2.24) is 0 Å². The van der Waals surface area contributed by atoms with Gasteiger partial charge >= 0.3 is 0 Å². The molecule has 0 amide bonds. The number of rotatable bonds is 4. The van der Waals surface area contributed by atoms with Crippen LogP contribution in [0.3, 0.4) is 0 Å². The van der Waals surface area contributed by atoms with Crippen molar-refractivity contribution >= 4 is 17.3 Å². The Morgan fingerprint density at radius 1 is 1.50 bits per heavy atom. The van der Waals surface area contributed by atoms with Gasteiger partial charge < -0.3 is 10.2 Å². The van der Waals surface area contributed by atoms with E-state index in [1.807, 2.05) is 0 Å². The number of nitro benzene ring substituents is 1. The van der Waals surface area contributed by atoms with E-state index in [0.717, 1.165) is 0 Å². The van der Waals surface area contributed by atoms with E-state index in [1.54, 1.807) is 13.0 Å². The van der Waals surface area contributed by atoms with Crippen LogP contribution in [0.1, 0.15) is 17.2 Å². The molecule has 0 radical (unpaired) electrons. The lowest BCUT2D eigenvalue weighted by Gasteiger charge is -2.17. The van der Waals surface area contributed by atoms with Crippen LogP contribution in [0.2, 0.25) is 0 Å². The van der Waals surface area contributed by atoms with Gasteiger partial charge in [0.2, 0.25) is 0 Å². The highest BCUT2D eigenvalue weighted by molar-refractivity contribution is 6.18. The molecule has 0 aromatic heterocycles. The number of halogens is 1. The summed E-state index contributed by atoms with van der Waals surface area (Å²) < 4.78 is 0. The Hall–Kier alpha value is -1.17. The molecule has 88 valence electrons. The monoisotopic (exact) mass is 245 g/mol. The van der Waals surface area contributed by atoms with Crippen LogP contribution in [0.15, 0.2) is 18.2 Å². The van der Waals surface area contributed by atoms with Gasteiger partial charge in [-0.2, -0.15) is 0 Å². The minimum atomic E-state index is -1.35. The Morgan fingerprint density at radius 2 is 2.12 bits per heavy atom. The molecule has 1 rings (SSSR count). The van der Waals surface area contributed by atoms with Crippen molar-refractivity contribution in [2.24, 2.45) is 0 Å². The molecule has 16 heavy (non-hydrogen) atoms. The molecular weight excluding hydrogens is 234 g/mol. The molecule has 0 saturated heterocycles. The molecule has 2 unspecified atom stereocenters. The predicted octanol–water partition coefficient (Wildman–Crippen LogP) is 1.54. The summed E-state index contributed by atoms with van der Waals surface area (Å²) in [6.45, 7) is 1.63. The van der Waals surface area contributed by atoms with Crippen LogP contribution in [0.4, 0.5) is 5.69 Å². The summed E-state index contributed by atoms with van der Waals surface area (Å²) in [5, 5.41) is 29.9. The van der Waals surface area contributed by atoms with E-state index in [2.05, 4.69) is 0 Å². The number of nitrogens with zero attached hydrogens (tertiary/aromatic N) is 1. The third kappa shape index (κ3) is 2.49. The summed E-state index contributed by atoms with van der Waals surface area (Å²) in [6.07, 6.45) is -2.57. The third-order valence-corrected chi connectivity index (χ3v) is 2.63. The molecule has 0 bridgehead atoms. The zero-order valence-corrected chi connectivity index (χ0v) is 9.39. The van der Waals surface area contributed by atoms with E-state index in [9.17, 15) is 20.3 Å². The first-order valence-corrected chi connectivity index (χ1v) is 5.18. The lowest BCUT2D eigenvalue weighted by atomic mass is 9.98. The number of benzene rings is 1. The van der Waals surface area contributed by atoms with Crippen molar-refractivity contribution < 1.29 is 15.1 Å². The first kappa shape index (κ1) is 12.9. The Bertz CT molecular complexity index is 396. The number of alkyl halides is 1. The highest BCUT2D eigenvalue weighted by Gasteiger charge is 2.27. The van der Waals surface area contributed by atoms with Crippen molar-refractivity contribution in [3.63, 3.8) is 0 Å². The van der Waals surface area contributed by atoms with Crippen LogP contribution in [0.25, 0.3) is 0 Å². The van der Waals surface area contributed by atoms with Crippen molar-refractivity contribution in [2.45, 2.75) is 19.1 Å². The maximum atomic E-state index is 10.8. The summed E-state index contributed by atoms with van der Waals surface area (Å²) in [4.78, 5) is 10.2. The van der Waals surface area contributed by atoms with Crippen molar-refractivity contribution in [3.05, 3.63) is 39.4 Å². The Labute approximate surface area is 97.4 Å². The van der Waals surface area contributed by atoms with Crippen LogP contribution in [-0.2, 0) is 0 Å². The number of nitro groups is 1. The minimum absolute atomic E-state index is 0.112. The second-order valence-electron chi connectivity index (χ2n) is 3.43. The molecule has 0 aliphatic heterocycles. The smallest absolute Gasteiger partial charge is 0.275 e. The zero-order chi connectivity index (χ0) is 12.3. The van der Waals surface area contributed by atoms with Crippen LogP contribution < -0.4 is 0 Å². The van der Waals surface area contributed by atoms with E-state index < -0.39 is 17.1 Å². The lowest BCUT2D eigenvalue weighted by Crippen LogP contribution is -2.21. The van der Waals surface area contributed by atoms with Gasteiger partial charge in [-0.05, 0) is 12.5 Å². The molecule has 6 heteroatoms. The summed E-state index contributed by atoms with van der Waals surface area (Å²) in [6, 6.07) is 4.44. The summed E-state index contributed by atoms with van der Waals surface area (Å²) in [5.41, 5.74) is 0.447. The quantitative estimate of drug-likeness (QED) is 0.479. The second-order valence-corrected chi connectivity index (χ2v) is 3.74. The third-order valence-electron chi connectivity index (χ3n) is 2.32. The fraction of sp³-hybridized carbons (Fsp3) is 0.400. The minimum Gasteiger partial charge on any atom is -0.389 e. The van der Waals surface area contributed by atoms with Gasteiger partial charge in [-0.25, -0.2) is 0 Å². The molecular formula is C10H12ClNO4. The molecule has 1 aromatic carbocycles. The van der Waals surface area contributed by atoms with Gasteiger partial charge in [0.1, 0.15) is 6.10 Å². The Kier molecular flexibility index (Phi) is 4.23. The molecule has 0 heterocycles.